The molecule has 0 fully saturated rings. The van der Waals surface area contributed by atoms with Gasteiger partial charge in [0.2, 0.25) is 0 Å². The molecule has 3 N–H and O–H groups in total. The highest BCUT2D eigenvalue weighted by molar-refractivity contribution is 7.80. The van der Waals surface area contributed by atoms with Crippen LogP contribution in [0.4, 0.5) is 17.6 Å². The van der Waals surface area contributed by atoms with Crippen LogP contribution in [0, 0.1) is 23.3 Å². The Kier molecular flexibility index (Phi) is 15.3. The van der Waals surface area contributed by atoms with Crippen molar-refractivity contribution in [3.05, 3.63) is 157 Å². The van der Waals surface area contributed by atoms with E-state index < -0.39 is 17.5 Å². The van der Waals surface area contributed by atoms with Gasteiger partial charge in [0.1, 0.15) is 46.9 Å². The Morgan fingerprint density at radius 1 is 0.522 bits per heavy atom. The molecule has 9 rings (SSSR count). The monoisotopic (exact) mass is 967 g/mol. The average molecular weight is 968 g/mol. The number of nitrogens with one attached hydrogen (secondary N) is 3. The number of halogens is 4. The predicted molar refractivity (Wildman–Crippen MR) is 248 cm³/mol. The lowest BCUT2D eigenvalue weighted by Crippen LogP contribution is -2.17. The molecular formula is C41H37F4N19S3. The number of benzene rings is 3. The zero-order chi connectivity index (χ0) is 47.5. The average Bonchev–Trinajstić information content (AvgIpc) is 4.16. The standard InChI is InChI=1S/C14H12F2N6S.C14H13FN6S.C13H12FN7S/c1-9(23)17-7-10-8-22(20-19-10)11-5-12(15)14(13(16)6-11)21-4-2-3-18-21;1-10(22)17-7-11-8-21(19-18-11)12-2-3-14(13(15)6-12)20-5-4-16-9-20;1-9(22)16-5-10-6-20(19-18-10)11-2-3-13(12(14)4-11)21-8-15-7-17-21/h2-6,8H,7H2,1H3,(H,17,23);2-6,8-9H,7H2,1H3,(H,17,22);2-4,6-8H,5H2,1H3,(H,16,22). The number of rotatable bonds is 12. The van der Waals surface area contributed by atoms with Crippen molar-refractivity contribution >= 4 is 51.6 Å². The minimum atomic E-state index is -0.742. The molecule has 0 atom stereocenters. The van der Waals surface area contributed by atoms with Crippen molar-refractivity contribution in [2.75, 3.05) is 0 Å². The summed E-state index contributed by atoms with van der Waals surface area (Å²) in [6.45, 7) is 6.70. The van der Waals surface area contributed by atoms with Gasteiger partial charge < -0.3 is 20.5 Å². The zero-order valence-electron chi connectivity index (χ0n) is 35.5. The fourth-order valence-corrected chi connectivity index (χ4v) is 6.09. The minimum Gasteiger partial charge on any atom is -0.374 e. The van der Waals surface area contributed by atoms with Crippen LogP contribution in [-0.2, 0) is 19.6 Å². The molecule has 0 radical (unpaired) electrons. The quantitative estimate of drug-likeness (QED) is 0.101. The first-order valence-electron chi connectivity index (χ1n) is 19.7. The lowest BCUT2D eigenvalue weighted by atomic mass is 10.2. The molecular weight excluding hydrogens is 931 g/mol. The van der Waals surface area contributed by atoms with E-state index in [1.54, 1.807) is 93.0 Å². The lowest BCUT2D eigenvalue weighted by Gasteiger charge is -2.07. The van der Waals surface area contributed by atoms with E-state index in [9.17, 15) is 17.6 Å². The molecule has 0 saturated heterocycles. The van der Waals surface area contributed by atoms with E-state index in [2.05, 4.69) is 67.1 Å². The van der Waals surface area contributed by atoms with Gasteiger partial charge in [-0.3, -0.25) is 0 Å². The Bertz CT molecular complexity index is 2930. The molecule has 9 aromatic rings. The third-order valence-corrected chi connectivity index (χ3v) is 9.45. The number of nitrogens with zero attached hydrogens (tertiary/aromatic N) is 16. The van der Waals surface area contributed by atoms with Gasteiger partial charge in [-0.2, -0.15) is 10.2 Å². The first-order valence-corrected chi connectivity index (χ1v) is 20.9. The van der Waals surface area contributed by atoms with Gasteiger partial charge in [0.25, 0.3) is 0 Å². The van der Waals surface area contributed by atoms with Crippen LogP contribution in [0.1, 0.15) is 37.9 Å². The van der Waals surface area contributed by atoms with Gasteiger partial charge in [0.15, 0.2) is 17.5 Å². The Morgan fingerprint density at radius 2 is 1.01 bits per heavy atom. The lowest BCUT2D eigenvalue weighted by molar-refractivity contribution is 0.557. The zero-order valence-corrected chi connectivity index (χ0v) is 37.9. The smallest absolute Gasteiger partial charge is 0.154 e. The highest BCUT2D eigenvalue weighted by Crippen LogP contribution is 2.22. The summed E-state index contributed by atoms with van der Waals surface area (Å²) in [4.78, 5) is 9.70. The maximum atomic E-state index is 14.2. The van der Waals surface area contributed by atoms with Crippen molar-refractivity contribution in [3.8, 4) is 34.1 Å². The first-order chi connectivity index (χ1) is 32.3. The number of aromatic nitrogens is 16. The second-order valence-electron chi connectivity index (χ2n) is 14.0. The molecule has 26 heteroatoms. The molecule has 0 aliphatic carbocycles. The van der Waals surface area contributed by atoms with E-state index in [1.165, 1.54) is 68.0 Å². The second kappa shape index (κ2) is 21.8. The van der Waals surface area contributed by atoms with Crippen molar-refractivity contribution in [3.63, 3.8) is 0 Å². The Labute approximate surface area is 394 Å². The van der Waals surface area contributed by atoms with Crippen molar-refractivity contribution in [1.29, 1.82) is 0 Å². The van der Waals surface area contributed by atoms with Crippen LogP contribution in [0.15, 0.2) is 117 Å². The van der Waals surface area contributed by atoms with Crippen molar-refractivity contribution in [2.24, 2.45) is 0 Å². The van der Waals surface area contributed by atoms with Crippen LogP contribution in [-0.4, -0.2) is 94.0 Å². The highest BCUT2D eigenvalue weighted by Gasteiger charge is 2.16. The molecule has 3 aromatic carbocycles. The molecule has 0 spiro atoms. The van der Waals surface area contributed by atoms with Crippen LogP contribution < -0.4 is 16.0 Å². The van der Waals surface area contributed by atoms with E-state index in [0.29, 0.717) is 68.7 Å². The largest absolute Gasteiger partial charge is 0.374 e. The summed E-state index contributed by atoms with van der Waals surface area (Å²) < 4.78 is 65.3. The molecule has 0 aliphatic heterocycles. The van der Waals surface area contributed by atoms with E-state index in [-0.39, 0.29) is 17.2 Å². The Hall–Kier alpha value is -7.97. The number of thiocarbonyl (C=S) groups is 3. The van der Waals surface area contributed by atoms with E-state index in [4.69, 9.17) is 36.7 Å². The van der Waals surface area contributed by atoms with Gasteiger partial charge in [-0.05, 0) is 51.1 Å². The van der Waals surface area contributed by atoms with Crippen LogP contribution in [0.5, 0.6) is 0 Å². The van der Waals surface area contributed by atoms with Gasteiger partial charge in [-0.15, -0.1) is 15.3 Å². The number of hydrogen-bond acceptors (Lipinski definition) is 13. The second-order valence-corrected chi connectivity index (χ2v) is 15.8. The fourth-order valence-electron chi connectivity index (χ4n) is 5.87. The minimum absolute atomic E-state index is 0.230. The van der Waals surface area contributed by atoms with E-state index in [0.717, 1.165) is 10.4 Å². The van der Waals surface area contributed by atoms with Gasteiger partial charge in [-0.25, -0.2) is 50.9 Å². The maximum absolute atomic E-state index is 14.2. The molecule has 6 heterocycles. The molecule has 0 saturated carbocycles. The highest BCUT2D eigenvalue weighted by atomic mass is 32.1. The van der Waals surface area contributed by atoms with Crippen LogP contribution in [0.2, 0.25) is 0 Å². The molecule has 0 unspecified atom stereocenters. The summed E-state index contributed by atoms with van der Waals surface area (Å²) >= 11 is 14.8. The summed E-state index contributed by atoms with van der Waals surface area (Å²) in [6, 6.07) is 13.5. The van der Waals surface area contributed by atoms with Crippen LogP contribution in [0.3, 0.4) is 0 Å². The molecule has 0 aliphatic rings. The van der Waals surface area contributed by atoms with Crippen LogP contribution in [0.25, 0.3) is 34.1 Å². The number of hydrogen-bond donors (Lipinski definition) is 3. The summed E-state index contributed by atoms with van der Waals surface area (Å²) in [5.41, 5.74) is 3.95. The normalized spacial score (nSPS) is 10.7. The predicted octanol–water partition coefficient (Wildman–Crippen LogP) is 5.62. The van der Waals surface area contributed by atoms with Gasteiger partial charge in [0, 0.05) is 49.1 Å². The maximum Gasteiger partial charge on any atom is 0.154 e. The molecule has 342 valence electrons. The topological polar surface area (TPSA) is 195 Å². The van der Waals surface area contributed by atoms with Crippen molar-refractivity contribution < 1.29 is 17.6 Å². The summed E-state index contributed by atoms with van der Waals surface area (Å²) in [5, 5.41) is 40.5. The summed E-state index contributed by atoms with van der Waals surface area (Å²) in [6.07, 6.45) is 15.6. The third-order valence-electron chi connectivity index (χ3n) is 9.02. The Morgan fingerprint density at radius 3 is 1.43 bits per heavy atom. The van der Waals surface area contributed by atoms with Gasteiger partial charge >= 0.3 is 0 Å². The molecule has 6 aromatic heterocycles. The van der Waals surface area contributed by atoms with Crippen molar-refractivity contribution in [2.45, 2.75) is 40.4 Å². The van der Waals surface area contributed by atoms with Crippen LogP contribution >= 0.6 is 36.7 Å². The van der Waals surface area contributed by atoms with Crippen molar-refractivity contribution in [1.82, 2.24) is 95.0 Å². The molecule has 19 nitrogen and oxygen atoms in total. The molecule has 0 amide bonds. The van der Waals surface area contributed by atoms with E-state index in [1.807, 2.05) is 0 Å². The fraction of sp³-hybridized carbons (Fsp3) is 0.146. The van der Waals surface area contributed by atoms with E-state index >= 15 is 0 Å². The first kappa shape index (κ1) is 47.0. The molecule has 0 bridgehead atoms. The van der Waals surface area contributed by atoms with Gasteiger partial charge in [0.05, 0.1) is 82.3 Å². The summed E-state index contributed by atoms with van der Waals surface area (Å²) in [5.74, 6) is -2.27. The number of imidazole rings is 1. The van der Waals surface area contributed by atoms with Gasteiger partial charge in [-0.1, -0.05) is 52.3 Å². The molecule has 67 heavy (non-hydrogen) atoms. The SMILES string of the molecule is CC(=S)NCc1cn(-c2cc(F)c(-n3cccn3)c(F)c2)nn1.CC(=S)NCc1cn(-c2ccc(-n3ccnc3)c(F)c2)nn1.CC(=S)NCc1cn(-c2ccc(-n3cncn3)c(F)c2)nn1. The third kappa shape index (κ3) is 12.4. The summed E-state index contributed by atoms with van der Waals surface area (Å²) in [7, 11) is 0. The Balaban J connectivity index is 0.000000149.